The molecule has 0 radical (unpaired) electrons. The summed E-state index contributed by atoms with van der Waals surface area (Å²) in [6.07, 6.45) is 9.26. The predicted octanol–water partition coefficient (Wildman–Crippen LogP) is 2.53. The van der Waals surface area contributed by atoms with Crippen LogP contribution in [-0.4, -0.2) is 24.2 Å². The highest BCUT2D eigenvalue weighted by molar-refractivity contribution is 5.81. The van der Waals surface area contributed by atoms with Gasteiger partial charge in [-0.3, -0.25) is 4.79 Å². The van der Waals surface area contributed by atoms with Gasteiger partial charge in [-0.1, -0.05) is 25.3 Å². The van der Waals surface area contributed by atoms with Crippen LogP contribution in [0.15, 0.2) is 12.2 Å². The molecule has 0 saturated heterocycles. The van der Waals surface area contributed by atoms with Gasteiger partial charge in [-0.05, 0) is 19.3 Å². The van der Waals surface area contributed by atoms with Gasteiger partial charge in [0.05, 0.1) is 7.11 Å². The molecule has 4 nitrogen and oxygen atoms in total. The van der Waals surface area contributed by atoms with Crippen molar-refractivity contribution in [3.63, 3.8) is 0 Å². The molecule has 16 heavy (non-hydrogen) atoms. The first-order valence-electron chi connectivity index (χ1n) is 5.63. The SMILES string of the molecule is COC(=O)C=CCCCCCCCC(=O)O. The van der Waals surface area contributed by atoms with Gasteiger partial charge in [0.1, 0.15) is 0 Å². The molecule has 0 aliphatic heterocycles. The molecule has 0 atom stereocenters. The van der Waals surface area contributed by atoms with E-state index in [-0.39, 0.29) is 12.4 Å². The molecule has 0 heterocycles. The average molecular weight is 228 g/mol. The number of ether oxygens (including phenoxy) is 1. The summed E-state index contributed by atoms with van der Waals surface area (Å²) in [7, 11) is 1.36. The van der Waals surface area contributed by atoms with E-state index in [0.29, 0.717) is 0 Å². The highest BCUT2D eigenvalue weighted by Gasteiger charge is 1.96. The normalized spacial score (nSPS) is 10.6. The maximum Gasteiger partial charge on any atom is 0.330 e. The molecule has 0 saturated carbocycles. The summed E-state index contributed by atoms with van der Waals surface area (Å²) in [6, 6.07) is 0. The molecule has 0 amide bonds. The van der Waals surface area contributed by atoms with Gasteiger partial charge in [0.2, 0.25) is 0 Å². The van der Waals surface area contributed by atoms with Crippen LogP contribution in [-0.2, 0) is 14.3 Å². The van der Waals surface area contributed by atoms with E-state index in [1.54, 1.807) is 0 Å². The van der Waals surface area contributed by atoms with Gasteiger partial charge in [0, 0.05) is 12.5 Å². The fourth-order valence-electron chi connectivity index (χ4n) is 1.32. The first-order chi connectivity index (χ1) is 7.66. The van der Waals surface area contributed by atoms with E-state index in [1.807, 2.05) is 6.08 Å². The van der Waals surface area contributed by atoms with Crippen molar-refractivity contribution < 1.29 is 19.4 Å². The van der Waals surface area contributed by atoms with E-state index in [4.69, 9.17) is 5.11 Å². The van der Waals surface area contributed by atoms with E-state index >= 15 is 0 Å². The lowest BCUT2D eigenvalue weighted by atomic mass is 10.1. The van der Waals surface area contributed by atoms with Gasteiger partial charge >= 0.3 is 11.9 Å². The lowest BCUT2D eigenvalue weighted by Crippen LogP contribution is -1.93. The van der Waals surface area contributed by atoms with Crippen molar-refractivity contribution in [3.05, 3.63) is 12.2 Å². The number of hydrogen-bond donors (Lipinski definition) is 1. The number of hydrogen-bond acceptors (Lipinski definition) is 3. The molecule has 0 fully saturated rings. The second-order valence-corrected chi connectivity index (χ2v) is 3.63. The zero-order chi connectivity index (χ0) is 12.2. The van der Waals surface area contributed by atoms with Crippen molar-refractivity contribution in [2.45, 2.75) is 44.9 Å². The number of rotatable bonds is 9. The van der Waals surface area contributed by atoms with Crippen LogP contribution in [0.25, 0.3) is 0 Å². The summed E-state index contributed by atoms with van der Waals surface area (Å²) >= 11 is 0. The molecule has 0 spiro atoms. The van der Waals surface area contributed by atoms with Crippen LogP contribution >= 0.6 is 0 Å². The standard InChI is InChI=1S/C12H20O4/c1-16-12(15)10-8-6-4-2-3-5-7-9-11(13)14/h8,10H,2-7,9H2,1H3,(H,13,14). The highest BCUT2D eigenvalue weighted by Crippen LogP contribution is 2.07. The summed E-state index contributed by atoms with van der Waals surface area (Å²) in [4.78, 5) is 20.9. The molecule has 0 aromatic rings. The number of carboxylic acid groups (broad SMARTS) is 1. The van der Waals surface area contributed by atoms with Crippen LogP contribution < -0.4 is 0 Å². The number of carboxylic acids is 1. The van der Waals surface area contributed by atoms with Crippen molar-refractivity contribution in [2.24, 2.45) is 0 Å². The summed E-state index contributed by atoms with van der Waals surface area (Å²) in [6.45, 7) is 0. The van der Waals surface area contributed by atoms with Gasteiger partial charge < -0.3 is 9.84 Å². The smallest absolute Gasteiger partial charge is 0.330 e. The number of allylic oxidation sites excluding steroid dienone is 1. The molecule has 0 aliphatic rings. The number of methoxy groups -OCH3 is 1. The Balaban J connectivity index is 3.18. The zero-order valence-corrected chi connectivity index (χ0v) is 9.78. The summed E-state index contributed by atoms with van der Waals surface area (Å²) in [5.41, 5.74) is 0. The number of unbranched alkanes of at least 4 members (excludes halogenated alkanes) is 5. The van der Waals surface area contributed by atoms with Gasteiger partial charge in [-0.25, -0.2) is 4.79 Å². The number of carbonyl (C=O) groups is 2. The lowest BCUT2D eigenvalue weighted by molar-refractivity contribution is -0.137. The van der Waals surface area contributed by atoms with E-state index in [9.17, 15) is 9.59 Å². The minimum absolute atomic E-state index is 0.266. The van der Waals surface area contributed by atoms with Gasteiger partial charge in [-0.15, -0.1) is 0 Å². The highest BCUT2D eigenvalue weighted by atomic mass is 16.5. The maximum atomic E-state index is 10.7. The Kier molecular flexibility index (Phi) is 9.36. The zero-order valence-electron chi connectivity index (χ0n) is 9.78. The van der Waals surface area contributed by atoms with Gasteiger partial charge in [0.15, 0.2) is 0 Å². The molecule has 4 heteroatoms. The first kappa shape index (κ1) is 14.7. The van der Waals surface area contributed by atoms with Crippen molar-refractivity contribution in [2.75, 3.05) is 7.11 Å². The van der Waals surface area contributed by atoms with Crippen LogP contribution in [0.3, 0.4) is 0 Å². The van der Waals surface area contributed by atoms with E-state index < -0.39 is 5.97 Å². The van der Waals surface area contributed by atoms with Gasteiger partial charge in [-0.2, -0.15) is 0 Å². The molecule has 0 bridgehead atoms. The fourth-order valence-corrected chi connectivity index (χ4v) is 1.32. The Morgan fingerprint density at radius 2 is 1.75 bits per heavy atom. The third-order valence-electron chi connectivity index (χ3n) is 2.22. The summed E-state index contributed by atoms with van der Waals surface area (Å²) in [5, 5.41) is 8.41. The Hall–Kier alpha value is -1.32. The third kappa shape index (κ3) is 10.8. The predicted molar refractivity (Wildman–Crippen MR) is 61.1 cm³/mol. The van der Waals surface area contributed by atoms with Crippen LogP contribution in [0.2, 0.25) is 0 Å². The molecule has 92 valence electrons. The second kappa shape index (κ2) is 10.2. The minimum atomic E-state index is -0.721. The van der Waals surface area contributed by atoms with Crippen molar-refractivity contribution in [3.8, 4) is 0 Å². The van der Waals surface area contributed by atoms with E-state index in [0.717, 1.165) is 38.5 Å². The van der Waals surface area contributed by atoms with Crippen LogP contribution in [0, 0.1) is 0 Å². The summed E-state index contributed by atoms with van der Waals surface area (Å²) < 4.78 is 4.45. The van der Waals surface area contributed by atoms with Crippen molar-refractivity contribution in [1.82, 2.24) is 0 Å². The van der Waals surface area contributed by atoms with Crippen molar-refractivity contribution >= 4 is 11.9 Å². The number of aliphatic carboxylic acids is 1. The Morgan fingerprint density at radius 1 is 1.12 bits per heavy atom. The molecule has 1 N–H and O–H groups in total. The van der Waals surface area contributed by atoms with Crippen LogP contribution in [0.4, 0.5) is 0 Å². The Morgan fingerprint density at radius 3 is 2.38 bits per heavy atom. The lowest BCUT2D eigenvalue weighted by Gasteiger charge is -1.98. The van der Waals surface area contributed by atoms with Crippen LogP contribution in [0.5, 0.6) is 0 Å². The molecule has 0 aromatic carbocycles. The molecule has 0 unspecified atom stereocenters. The quantitative estimate of drug-likeness (QED) is 0.374. The number of esters is 1. The van der Waals surface area contributed by atoms with E-state index in [1.165, 1.54) is 13.2 Å². The van der Waals surface area contributed by atoms with Crippen LogP contribution in [0.1, 0.15) is 44.9 Å². The Bertz CT molecular complexity index is 233. The number of carbonyl (C=O) groups excluding carboxylic acids is 1. The molecule has 0 aromatic heterocycles. The largest absolute Gasteiger partial charge is 0.481 e. The molecular formula is C12H20O4. The monoisotopic (exact) mass is 228 g/mol. The molecular weight excluding hydrogens is 208 g/mol. The Labute approximate surface area is 96.3 Å². The summed E-state index contributed by atoms with van der Waals surface area (Å²) in [5.74, 6) is -1.04. The van der Waals surface area contributed by atoms with E-state index in [2.05, 4.69) is 4.74 Å². The fraction of sp³-hybridized carbons (Fsp3) is 0.667. The van der Waals surface area contributed by atoms with Gasteiger partial charge in [0.25, 0.3) is 0 Å². The molecule has 0 rings (SSSR count). The minimum Gasteiger partial charge on any atom is -0.481 e. The third-order valence-corrected chi connectivity index (χ3v) is 2.22. The van der Waals surface area contributed by atoms with Crippen molar-refractivity contribution in [1.29, 1.82) is 0 Å². The first-order valence-corrected chi connectivity index (χ1v) is 5.63. The average Bonchev–Trinajstić information content (AvgIpc) is 2.26. The molecule has 0 aliphatic carbocycles. The second-order valence-electron chi connectivity index (χ2n) is 3.63. The topological polar surface area (TPSA) is 63.6 Å². The maximum absolute atomic E-state index is 10.7.